The Morgan fingerprint density at radius 2 is 1.70 bits per heavy atom. The van der Waals surface area contributed by atoms with Crippen molar-refractivity contribution in [3.05, 3.63) is 35.1 Å². The quantitative estimate of drug-likeness (QED) is 0.422. The fraction of sp³-hybridized carbons (Fsp3) is 0.600. The van der Waals surface area contributed by atoms with Gasteiger partial charge in [0.25, 0.3) is 0 Å². The van der Waals surface area contributed by atoms with E-state index in [-0.39, 0.29) is 24.4 Å². The van der Waals surface area contributed by atoms with E-state index >= 15 is 0 Å². The Labute approximate surface area is 213 Å². The summed E-state index contributed by atoms with van der Waals surface area (Å²) < 4.78 is 46.3. The second-order valence-corrected chi connectivity index (χ2v) is 10.4. The van der Waals surface area contributed by atoms with Gasteiger partial charge in [0.15, 0.2) is 11.6 Å². The molecule has 0 aromatic heterocycles. The van der Waals surface area contributed by atoms with Gasteiger partial charge in [-0.05, 0) is 57.6 Å². The van der Waals surface area contributed by atoms with E-state index in [1.807, 2.05) is 0 Å². The van der Waals surface area contributed by atoms with Gasteiger partial charge >= 0.3 is 12.1 Å². The van der Waals surface area contributed by atoms with E-state index in [0.29, 0.717) is 18.6 Å². The fourth-order valence-electron chi connectivity index (χ4n) is 4.10. The van der Waals surface area contributed by atoms with Crippen molar-refractivity contribution >= 4 is 23.9 Å². The van der Waals surface area contributed by atoms with Crippen molar-refractivity contribution in [3.8, 4) is 0 Å². The first-order chi connectivity index (χ1) is 17.1. The zero-order valence-electron chi connectivity index (χ0n) is 21.6. The standard InChI is InChI=1S/C25H34F3N3O6/c1-13(2)21(30-24(36)37-25(3,4)5)23(35)31-8-6-7-19(31)22(34)29-15(11-20(32)33)9-14-10-17(27)18(28)12-16(14)26/h10,12-13,15,19,21H,6-9,11H2,1-5H3,(H,29,34)(H,30,36)(H,32,33). The minimum atomic E-state index is -1.39. The van der Waals surface area contributed by atoms with Crippen molar-refractivity contribution < 1.29 is 42.2 Å². The second kappa shape index (κ2) is 12.3. The Hall–Kier alpha value is -3.31. The lowest BCUT2D eigenvalue weighted by atomic mass is 10.0. The number of halogens is 3. The molecule has 1 aliphatic rings. The normalized spacial score (nSPS) is 17.3. The molecule has 1 saturated heterocycles. The van der Waals surface area contributed by atoms with Gasteiger partial charge in [0.1, 0.15) is 23.5 Å². The molecule has 1 aliphatic heterocycles. The molecule has 9 nitrogen and oxygen atoms in total. The maximum Gasteiger partial charge on any atom is 0.408 e. The summed E-state index contributed by atoms with van der Waals surface area (Å²) in [6.45, 7) is 8.73. The topological polar surface area (TPSA) is 125 Å². The zero-order valence-corrected chi connectivity index (χ0v) is 21.6. The lowest BCUT2D eigenvalue weighted by Crippen LogP contribution is -2.56. The minimum absolute atomic E-state index is 0.234. The first kappa shape index (κ1) is 29.9. The molecule has 12 heteroatoms. The molecule has 0 aliphatic carbocycles. The summed E-state index contributed by atoms with van der Waals surface area (Å²) in [5, 5.41) is 14.3. The highest BCUT2D eigenvalue weighted by Crippen LogP contribution is 2.22. The predicted molar refractivity (Wildman–Crippen MR) is 127 cm³/mol. The van der Waals surface area contributed by atoms with Gasteiger partial charge < -0.3 is 25.4 Å². The molecule has 3 unspecified atom stereocenters. The smallest absolute Gasteiger partial charge is 0.408 e. The molecular formula is C25H34F3N3O6. The van der Waals surface area contributed by atoms with Crippen molar-refractivity contribution in [2.45, 2.75) is 84.0 Å². The van der Waals surface area contributed by atoms with Crippen LogP contribution in [0.2, 0.25) is 0 Å². The average Bonchev–Trinajstić information content (AvgIpc) is 3.23. The number of hydrogen-bond donors (Lipinski definition) is 3. The second-order valence-electron chi connectivity index (χ2n) is 10.4. The fourth-order valence-corrected chi connectivity index (χ4v) is 4.10. The molecule has 1 aromatic rings. The third-order valence-electron chi connectivity index (χ3n) is 5.77. The van der Waals surface area contributed by atoms with Gasteiger partial charge in [-0.2, -0.15) is 0 Å². The summed E-state index contributed by atoms with van der Waals surface area (Å²) in [7, 11) is 0. The maximum absolute atomic E-state index is 14.1. The Morgan fingerprint density at radius 1 is 1.08 bits per heavy atom. The summed E-state index contributed by atoms with van der Waals surface area (Å²) >= 11 is 0. The molecule has 3 N–H and O–H groups in total. The molecule has 37 heavy (non-hydrogen) atoms. The predicted octanol–water partition coefficient (Wildman–Crippen LogP) is 3.15. The number of nitrogens with one attached hydrogen (secondary N) is 2. The molecule has 1 aromatic carbocycles. The van der Waals surface area contributed by atoms with Gasteiger partial charge in [-0.1, -0.05) is 13.8 Å². The first-order valence-corrected chi connectivity index (χ1v) is 12.0. The number of ether oxygens (including phenoxy) is 1. The van der Waals surface area contributed by atoms with Gasteiger partial charge in [-0.3, -0.25) is 14.4 Å². The number of carboxylic acid groups (broad SMARTS) is 1. The molecule has 1 heterocycles. The summed E-state index contributed by atoms with van der Waals surface area (Å²) in [6.07, 6.45) is -1.03. The number of benzene rings is 1. The molecular weight excluding hydrogens is 495 g/mol. The van der Waals surface area contributed by atoms with E-state index in [1.54, 1.807) is 34.6 Å². The zero-order chi connectivity index (χ0) is 28.1. The molecule has 1 fully saturated rings. The largest absolute Gasteiger partial charge is 0.481 e. The van der Waals surface area contributed by atoms with Gasteiger partial charge in [0, 0.05) is 18.7 Å². The molecule has 0 saturated carbocycles. The van der Waals surface area contributed by atoms with Gasteiger partial charge in [0.2, 0.25) is 11.8 Å². The maximum atomic E-state index is 14.1. The van der Waals surface area contributed by atoms with Crippen molar-refractivity contribution in [2.24, 2.45) is 5.92 Å². The molecule has 0 spiro atoms. The lowest BCUT2D eigenvalue weighted by Gasteiger charge is -2.31. The van der Waals surface area contributed by atoms with Crippen LogP contribution in [-0.4, -0.2) is 64.2 Å². The number of hydrogen-bond acceptors (Lipinski definition) is 5. The number of carbonyl (C=O) groups is 4. The number of alkyl carbamates (subject to hydrolysis) is 1. The van der Waals surface area contributed by atoms with Crippen LogP contribution in [0, 0.1) is 23.4 Å². The van der Waals surface area contributed by atoms with Gasteiger partial charge in [0.05, 0.1) is 6.42 Å². The highest BCUT2D eigenvalue weighted by Gasteiger charge is 2.39. The third-order valence-corrected chi connectivity index (χ3v) is 5.77. The number of carbonyl (C=O) groups excluding carboxylic acids is 3. The van der Waals surface area contributed by atoms with Crippen LogP contribution in [0.1, 0.15) is 59.4 Å². The van der Waals surface area contributed by atoms with E-state index in [1.165, 1.54) is 4.90 Å². The van der Waals surface area contributed by atoms with Crippen molar-refractivity contribution in [1.29, 1.82) is 0 Å². The summed E-state index contributed by atoms with van der Waals surface area (Å²) in [5.41, 5.74) is -1.08. The number of likely N-dealkylation sites (tertiary alicyclic amines) is 1. The number of amides is 3. The Kier molecular flexibility index (Phi) is 9.93. The molecule has 0 radical (unpaired) electrons. The van der Waals surface area contributed by atoms with Crippen LogP contribution in [0.3, 0.4) is 0 Å². The van der Waals surface area contributed by atoms with Crippen molar-refractivity contribution in [2.75, 3.05) is 6.54 Å². The Balaban J connectivity index is 2.18. The SMILES string of the molecule is CC(C)C(NC(=O)OC(C)(C)C)C(=O)N1CCCC1C(=O)NC(CC(=O)O)Cc1cc(F)c(F)cc1F. The number of rotatable bonds is 9. The number of nitrogens with zero attached hydrogens (tertiary/aromatic N) is 1. The van der Waals surface area contributed by atoms with Crippen LogP contribution in [0.4, 0.5) is 18.0 Å². The summed E-state index contributed by atoms with van der Waals surface area (Å²) in [6, 6.07) is -2.12. The van der Waals surface area contributed by atoms with E-state index in [9.17, 15) is 37.5 Å². The lowest BCUT2D eigenvalue weighted by molar-refractivity contribution is -0.142. The summed E-state index contributed by atoms with van der Waals surface area (Å²) in [4.78, 5) is 51.4. The van der Waals surface area contributed by atoms with Crippen LogP contribution in [0.15, 0.2) is 12.1 Å². The Bertz CT molecular complexity index is 1030. The van der Waals surface area contributed by atoms with E-state index in [4.69, 9.17) is 4.74 Å². The highest BCUT2D eigenvalue weighted by molar-refractivity contribution is 5.92. The van der Waals surface area contributed by atoms with Crippen LogP contribution in [0.25, 0.3) is 0 Å². The van der Waals surface area contributed by atoms with Gasteiger partial charge in [-0.15, -0.1) is 0 Å². The van der Waals surface area contributed by atoms with E-state index in [0.717, 1.165) is 0 Å². The van der Waals surface area contributed by atoms with E-state index < -0.39 is 77.9 Å². The average molecular weight is 530 g/mol. The molecule has 3 amide bonds. The molecule has 3 atom stereocenters. The van der Waals surface area contributed by atoms with Gasteiger partial charge in [-0.25, -0.2) is 18.0 Å². The number of carboxylic acids is 1. The Morgan fingerprint density at radius 3 is 2.27 bits per heavy atom. The van der Waals surface area contributed by atoms with Crippen LogP contribution in [-0.2, 0) is 25.5 Å². The van der Waals surface area contributed by atoms with E-state index in [2.05, 4.69) is 10.6 Å². The number of aliphatic carboxylic acids is 1. The third kappa shape index (κ3) is 8.64. The minimum Gasteiger partial charge on any atom is -0.481 e. The van der Waals surface area contributed by atoms with Crippen molar-refractivity contribution in [3.63, 3.8) is 0 Å². The van der Waals surface area contributed by atoms with Crippen molar-refractivity contribution in [1.82, 2.24) is 15.5 Å². The van der Waals surface area contributed by atoms with Crippen LogP contribution in [0.5, 0.6) is 0 Å². The summed E-state index contributed by atoms with van der Waals surface area (Å²) in [5.74, 6) is -6.56. The molecule has 206 valence electrons. The molecule has 0 bridgehead atoms. The monoisotopic (exact) mass is 529 g/mol. The van der Waals surface area contributed by atoms with Crippen LogP contribution >= 0.6 is 0 Å². The van der Waals surface area contributed by atoms with Crippen LogP contribution < -0.4 is 10.6 Å². The molecule has 2 rings (SSSR count). The highest BCUT2D eigenvalue weighted by atomic mass is 19.2. The first-order valence-electron chi connectivity index (χ1n) is 12.0.